The average molecular weight is 366 g/mol. The minimum Gasteiger partial charge on any atom is -0.493 e. The Morgan fingerprint density at radius 2 is 1.96 bits per heavy atom. The Labute approximate surface area is 155 Å². The van der Waals surface area contributed by atoms with E-state index in [1.54, 1.807) is 12.4 Å². The summed E-state index contributed by atoms with van der Waals surface area (Å²) < 4.78 is 18.7. The first-order valence-corrected chi connectivity index (χ1v) is 8.75. The minimum absolute atomic E-state index is 0.277. The summed E-state index contributed by atoms with van der Waals surface area (Å²) >= 11 is 0. The molecule has 3 aromatic rings. The molecular weight excluding hydrogens is 347 g/mol. The minimum atomic E-state index is -0.387. The molecule has 2 aromatic carbocycles. The molecule has 27 heavy (non-hydrogen) atoms. The number of amides is 2. The number of aromatic amines is 1. The number of H-pyrrole nitrogens is 1. The monoisotopic (exact) mass is 366 g/mol. The summed E-state index contributed by atoms with van der Waals surface area (Å²) in [7, 11) is 0. The molecule has 0 bridgehead atoms. The van der Waals surface area contributed by atoms with Gasteiger partial charge in [-0.1, -0.05) is 0 Å². The molecule has 3 N–H and O–H groups in total. The Hall–Kier alpha value is -3.35. The molecule has 1 atom stereocenters. The van der Waals surface area contributed by atoms with Crippen LogP contribution in [-0.4, -0.2) is 22.6 Å². The molecule has 1 aromatic heterocycles. The van der Waals surface area contributed by atoms with Gasteiger partial charge < -0.3 is 20.4 Å². The number of aromatic nitrogens is 2. The molecule has 7 heteroatoms. The van der Waals surface area contributed by atoms with Crippen molar-refractivity contribution in [2.24, 2.45) is 0 Å². The van der Waals surface area contributed by atoms with Crippen LogP contribution in [0.3, 0.4) is 0 Å². The van der Waals surface area contributed by atoms with E-state index in [0.717, 1.165) is 29.8 Å². The van der Waals surface area contributed by atoms with Crippen LogP contribution in [0.1, 0.15) is 23.6 Å². The fourth-order valence-electron chi connectivity index (χ4n) is 3.24. The van der Waals surface area contributed by atoms with Gasteiger partial charge in [0.05, 0.1) is 18.6 Å². The first-order chi connectivity index (χ1) is 13.2. The fourth-order valence-corrected chi connectivity index (χ4v) is 3.24. The van der Waals surface area contributed by atoms with E-state index in [1.165, 1.54) is 24.3 Å². The zero-order valence-electron chi connectivity index (χ0n) is 14.5. The molecule has 4 rings (SSSR count). The zero-order chi connectivity index (χ0) is 18.6. The summed E-state index contributed by atoms with van der Waals surface area (Å²) in [5.74, 6) is 0.767. The van der Waals surface area contributed by atoms with Crippen LogP contribution in [-0.2, 0) is 6.42 Å². The Bertz CT molecular complexity index is 926. The third-order valence-corrected chi connectivity index (χ3v) is 4.54. The molecule has 2 amide bonds. The SMILES string of the molecule is O=C(Nc1ccc(F)cc1)Nc1ccc2c(c1)C(Cc1c[nH]cn1)CCO2. The van der Waals surface area contributed by atoms with Gasteiger partial charge in [-0.15, -0.1) is 0 Å². The molecule has 0 aliphatic carbocycles. The lowest BCUT2D eigenvalue weighted by Gasteiger charge is -2.26. The number of nitrogens with one attached hydrogen (secondary N) is 3. The van der Waals surface area contributed by atoms with Gasteiger partial charge in [0.2, 0.25) is 0 Å². The standard InChI is InChI=1S/C20H19FN4O2/c21-14-1-3-15(4-2-14)24-20(26)25-16-5-6-19-18(10-16)13(7-8-27-19)9-17-11-22-12-23-17/h1-6,10-13H,7-9H2,(H,22,23)(H2,24,25,26). The number of ether oxygens (including phenoxy) is 1. The summed E-state index contributed by atoms with van der Waals surface area (Å²) in [4.78, 5) is 19.5. The van der Waals surface area contributed by atoms with E-state index >= 15 is 0 Å². The molecule has 1 aliphatic heterocycles. The lowest BCUT2D eigenvalue weighted by Crippen LogP contribution is -2.20. The van der Waals surface area contributed by atoms with E-state index in [9.17, 15) is 9.18 Å². The van der Waals surface area contributed by atoms with Crippen molar-refractivity contribution < 1.29 is 13.9 Å². The number of carbonyl (C=O) groups excluding carboxylic acids is 1. The number of halogens is 1. The van der Waals surface area contributed by atoms with Crippen molar-refractivity contribution in [3.8, 4) is 5.75 Å². The van der Waals surface area contributed by atoms with E-state index in [2.05, 4.69) is 20.6 Å². The zero-order valence-corrected chi connectivity index (χ0v) is 14.5. The first-order valence-electron chi connectivity index (χ1n) is 8.75. The van der Waals surface area contributed by atoms with Gasteiger partial charge in [0.1, 0.15) is 11.6 Å². The van der Waals surface area contributed by atoms with Gasteiger partial charge in [0, 0.05) is 17.6 Å². The van der Waals surface area contributed by atoms with E-state index in [4.69, 9.17) is 4.74 Å². The number of hydrogen-bond donors (Lipinski definition) is 3. The summed E-state index contributed by atoms with van der Waals surface area (Å²) in [5, 5.41) is 5.50. The number of fused-ring (bicyclic) bond motifs is 1. The second-order valence-electron chi connectivity index (χ2n) is 6.44. The molecule has 0 radical (unpaired) electrons. The quantitative estimate of drug-likeness (QED) is 0.644. The van der Waals surface area contributed by atoms with Crippen LogP contribution in [0, 0.1) is 5.82 Å². The lowest BCUT2D eigenvalue weighted by molar-refractivity contribution is 0.261. The highest BCUT2D eigenvalue weighted by molar-refractivity contribution is 5.99. The number of imidazole rings is 1. The van der Waals surface area contributed by atoms with Crippen LogP contribution in [0.4, 0.5) is 20.6 Å². The second kappa shape index (κ2) is 7.49. The van der Waals surface area contributed by atoms with Crippen molar-refractivity contribution in [2.45, 2.75) is 18.8 Å². The summed E-state index contributed by atoms with van der Waals surface area (Å²) in [5.41, 5.74) is 3.25. The third-order valence-electron chi connectivity index (χ3n) is 4.54. The van der Waals surface area contributed by atoms with Crippen molar-refractivity contribution in [3.05, 3.63) is 72.1 Å². The molecule has 0 fully saturated rings. The predicted molar refractivity (Wildman–Crippen MR) is 101 cm³/mol. The van der Waals surface area contributed by atoms with E-state index in [1.807, 2.05) is 18.3 Å². The maximum Gasteiger partial charge on any atom is 0.323 e. The van der Waals surface area contributed by atoms with Crippen molar-refractivity contribution >= 4 is 17.4 Å². The molecule has 1 aliphatic rings. The molecule has 0 spiro atoms. The number of carbonyl (C=O) groups is 1. The average Bonchev–Trinajstić information content (AvgIpc) is 3.17. The second-order valence-corrected chi connectivity index (χ2v) is 6.44. The van der Waals surface area contributed by atoms with Crippen LogP contribution in [0.5, 0.6) is 5.75 Å². The third kappa shape index (κ3) is 4.08. The number of hydrogen-bond acceptors (Lipinski definition) is 3. The van der Waals surface area contributed by atoms with Crippen LogP contribution < -0.4 is 15.4 Å². The maximum atomic E-state index is 13.0. The highest BCUT2D eigenvalue weighted by atomic mass is 19.1. The van der Waals surface area contributed by atoms with Crippen LogP contribution in [0.2, 0.25) is 0 Å². The van der Waals surface area contributed by atoms with Crippen LogP contribution in [0.25, 0.3) is 0 Å². The highest BCUT2D eigenvalue weighted by Gasteiger charge is 2.23. The van der Waals surface area contributed by atoms with Gasteiger partial charge in [-0.25, -0.2) is 14.2 Å². The number of nitrogens with zero attached hydrogens (tertiary/aromatic N) is 1. The van der Waals surface area contributed by atoms with Gasteiger partial charge in [-0.05, 0) is 66.8 Å². The van der Waals surface area contributed by atoms with Gasteiger partial charge in [-0.2, -0.15) is 0 Å². The molecule has 1 unspecified atom stereocenters. The van der Waals surface area contributed by atoms with Crippen LogP contribution in [0.15, 0.2) is 55.0 Å². The van der Waals surface area contributed by atoms with Crippen molar-refractivity contribution in [1.29, 1.82) is 0 Å². The number of benzene rings is 2. The van der Waals surface area contributed by atoms with E-state index < -0.39 is 0 Å². The number of rotatable bonds is 4. The van der Waals surface area contributed by atoms with Gasteiger partial charge in [0.15, 0.2) is 0 Å². The molecule has 6 nitrogen and oxygen atoms in total. The number of urea groups is 1. The molecule has 0 saturated heterocycles. The Morgan fingerprint density at radius 1 is 1.19 bits per heavy atom. The normalized spacial score (nSPS) is 15.5. The highest BCUT2D eigenvalue weighted by Crippen LogP contribution is 2.37. The number of anilines is 2. The van der Waals surface area contributed by atoms with Gasteiger partial charge in [-0.3, -0.25) is 0 Å². The Morgan fingerprint density at radius 3 is 2.74 bits per heavy atom. The van der Waals surface area contributed by atoms with Crippen molar-refractivity contribution in [3.63, 3.8) is 0 Å². The van der Waals surface area contributed by atoms with E-state index in [0.29, 0.717) is 18.0 Å². The van der Waals surface area contributed by atoms with Crippen LogP contribution >= 0.6 is 0 Å². The molecule has 0 saturated carbocycles. The maximum absolute atomic E-state index is 13.0. The molecule has 2 heterocycles. The summed E-state index contributed by atoms with van der Waals surface area (Å²) in [6.45, 7) is 0.667. The van der Waals surface area contributed by atoms with Gasteiger partial charge in [0.25, 0.3) is 0 Å². The smallest absolute Gasteiger partial charge is 0.323 e. The summed E-state index contributed by atoms with van der Waals surface area (Å²) in [6, 6.07) is 10.8. The van der Waals surface area contributed by atoms with Crippen molar-refractivity contribution in [1.82, 2.24) is 9.97 Å². The first kappa shape index (κ1) is 17.1. The Kier molecular flexibility index (Phi) is 4.74. The summed E-state index contributed by atoms with van der Waals surface area (Å²) in [6.07, 6.45) is 5.27. The topological polar surface area (TPSA) is 79.0 Å². The van der Waals surface area contributed by atoms with E-state index in [-0.39, 0.29) is 17.8 Å². The largest absolute Gasteiger partial charge is 0.493 e. The predicted octanol–water partition coefficient (Wildman–Crippen LogP) is 4.30. The van der Waals surface area contributed by atoms with Crippen molar-refractivity contribution in [2.75, 3.05) is 17.2 Å². The fraction of sp³-hybridized carbons (Fsp3) is 0.200. The molecule has 138 valence electrons. The van der Waals surface area contributed by atoms with Gasteiger partial charge >= 0.3 is 6.03 Å². The lowest BCUT2D eigenvalue weighted by atomic mass is 9.89. The Balaban J connectivity index is 1.47. The molecular formula is C20H19FN4O2.